The fourth-order valence-corrected chi connectivity index (χ4v) is 3.25. The minimum Gasteiger partial charge on any atom is -0.375 e. The maximum absolute atomic E-state index is 12.4. The predicted octanol–water partition coefficient (Wildman–Crippen LogP) is 1.30. The van der Waals surface area contributed by atoms with Crippen LogP contribution in [0, 0.1) is 0 Å². The smallest absolute Gasteiger partial charge is 0.244 e. The summed E-state index contributed by atoms with van der Waals surface area (Å²) in [4.78, 5) is 25.9. The molecule has 6 nitrogen and oxygen atoms in total. The zero-order chi connectivity index (χ0) is 16.4. The lowest BCUT2D eigenvalue weighted by Crippen LogP contribution is -2.53. The van der Waals surface area contributed by atoms with E-state index in [0.717, 1.165) is 36.3 Å². The predicted molar refractivity (Wildman–Crippen MR) is 88.6 cm³/mol. The van der Waals surface area contributed by atoms with Crippen LogP contribution in [-0.2, 0) is 20.7 Å². The number of hydrogen-bond acceptors (Lipinski definition) is 4. The van der Waals surface area contributed by atoms with Crippen molar-refractivity contribution >= 4 is 23.2 Å². The monoisotopic (exact) mass is 317 g/mol. The van der Waals surface area contributed by atoms with Crippen molar-refractivity contribution in [2.75, 3.05) is 29.9 Å². The van der Waals surface area contributed by atoms with Gasteiger partial charge in [0.05, 0.1) is 12.7 Å². The van der Waals surface area contributed by atoms with Gasteiger partial charge in [0.25, 0.3) is 0 Å². The third kappa shape index (κ3) is 3.38. The molecule has 1 saturated heterocycles. The highest BCUT2D eigenvalue weighted by Gasteiger charge is 2.28. The summed E-state index contributed by atoms with van der Waals surface area (Å²) in [5.41, 5.74) is 2.82. The van der Waals surface area contributed by atoms with Crippen LogP contribution in [0.1, 0.15) is 25.8 Å². The van der Waals surface area contributed by atoms with E-state index in [-0.39, 0.29) is 24.0 Å². The van der Waals surface area contributed by atoms with Gasteiger partial charge in [-0.1, -0.05) is 0 Å². The van der Waals surface area contributed by atoms with Gasteiger partial charge in [0, 0.05) is 31.4 Å². The Morgan fingerprint density at radius 2 is 2.22 bits per heavy atom. The molecule has 0 aromatic heterocycles. The summed E-state index contributed by atoms with van der Waals surface area (Å²) in [7, 11) is 0. The van der Waals surface area contributed by atoms with E-state index >= 15 is 0 Å². The number of nitrogens with zero attached hydrogens (tertiary/aromatic N) is 1. The number of benzene rings is 1. The van der Waals surface area contributed by atoms with E-state index in [1.807, 2.05) is 25.1 Å². The molecular formula is C17H23N3O3. The highest BCUT2D eigenvalue weighted by atomic mass is 16.5. The number of anilines is 2. The minimum absolute atomic E-state index is 0.0557. The first-order valence-corrected chi connectivity index (χ1v) is 8.13. The van der Waals surface area contributed by atoms with Crippen LogP contribution >= 0.6 is 0 Å². The molecule has 0 aliphatic carbocycles. The van der Waals surface area contributed by atoms with E-state index in [9.17, 15) is 9.59 Å². The molecule has 0 bridgehead atoms. The number of ether oxygens (including phenoxy) is 1. The summed E-state index contributed by atoms with van der Waals surface area (Å²) in [6.07, 6.45) is 1.72. The van der Waals surface area contributed by atoms with E-state index in [4.69, 9.17) is 4.74 Å². The van der Waals surface area contributed by atoms with Crippen molar-refractivity contribution < 1.29 is 14.3 Å². The Hall–Kier alpha value is -1.92. The van der Waals surface area contributed by atoms with Gasteiger partial charge >= 0.3 is 0 Å². The van der Waals surface area contributed by atoms with E-state index in [0.29, 0.717) is 13.2 Å². The number of aryl methyl sites for hydroxylation is 1. The second-order valence-electron chi connectivity index (χ2n) is 6.11. The number of carbonyl (C=O) groups excluding carboxylic acids is 2. The zero-order valence-electron chi connectivity index (χ0n) is 13.6. The second kappa shape index (κ2) is 6.68. The molecule has 0 saturated carbocycles. The van der Waals surface area contributed by atoms with Crippen LogP contribution in [0.2, 0.25) is 0 Å². The molecule has 0 radical (unpaired) electrons. The lowest BCUT2D eigenvalue weighted by atomic mass is 10.0. The molecule has 3 rings (SSSR count). The van der Waals surface area contributed by atoms with Gasteiger partial charge in [-0.05, 0) is 43.5 Å². The third-order valence-corrected chi connectivity index (χ3v) is 4.44. The lowest BCUT2D eigenvalue weighted by molar-refractivity contribution is -0.123. The number of fused-ring (bicyclic) bond motifs is 1. The largest absolute Gasteiger partial charge is 0.375 e. The fourth-order valence-electron chi connectivity index (χ4n) is 3.25. The number of carbonyl (C=O) groups is 2. The van der Waals surface area contributed by atoms with Gasteiger partial charge in [-0.2, -0.15) is 0 Å². The van der Waals surface area contributed by atoms with Crippen molar-refractivity contribution in [1.82, 2.24) is 5.32 Å². The summed E-state index contributed by atoms with van der Waals surface area (Å²) in [5.74, 6) is -0.0310. The number of amides is 2. The van der Waals surface area contributed by atoms with Crippen LogP contribution in [0.3, 0.4) is 0 Å². The van der Waals surface area contributed by atoms with Crippen molar-refractivity contribution in [1.29, 1.82) is 0 Å². The molecule has 2 atom stereocenters. The van der Waals surface area contributed by atoms with Crippen molar-refractivity contribution in [2.45, 2.75) is 38.8 Å². The average molecular weight is 317 g/mol. The molecule has 1 aromatic carbocycles. The first-order valence-electron chi connectivity index (χ1n) is 8.13. The van der Waals surface area contributed by atoms with Gasteiger partial charge in [0.15, 0.2) is 0 Å². The van der Waals surface area contributed by atoms with E-state index in [1.165, 1.54) is 0 Å². The molecule has 2 aliphatic heterocycles. The average Bonchev–Trinajstić information content (AvgIpc) is 2.54. The Morgan fingerprint density at radius 3 is 2.96 bits per heavy atom. The van der Waals surface area contributed by atoms with Crippen LogP contribution in [-0.4, -0.2) is 43.7 Å². The molecule has 2 amide bonds. The Kier molecular flexibility index (Phi) is 4.63. The number of nitrogens with one attached hydrogen (secondary N) is 2. The Morgan fingerprint density at radius 1 is 1.39 bits per heavy atom. The molecular weight excluding hydrogens is 294 g/mol. The quantitative estimate of drug-likeness (QED) is 0.862. The van der Waals surface area contributed by atoms with Crippen LogP contribution in [0.25, 0.3) is 0 Å². The van der Waals surface area contributed by atoms with E-state index in [1.54, 1.807) is 11.8 Å². The number of morpholine rings is 1. The first kappa shape index (κ1) is 16.0. The maximum Gasteiger partial charge on any atom is 0.244 e. The molecule has 2 aliphatic rings. The second-order valence-corrected chi connectivity index (χ2v) is 6.11. The first-order chi connectivity index (χ1) is 11.1. The molecule has 6 heteroatoms. The van der Waals surface area contributed by atoms with Crippen molar-refractivity contribution in [3.05, 3.63) is 23.8 Å². The standard InChI is InChI=1S/C17H23N3O3/c1-11-16(18-7-9-23-11)17(22)19-14-5-6-15-13(10-14)4-3-8-20(15)12(2)21/h5-6,10-11,16,18H,3-4,7-9H2,1-2H3,(H,19,22)/t11-,16+/m1/s1. The molecule has 2 heterocycles. The van der Waals surface area contributed by atoms with Crippen LogP contribution in [0.5, 0.6) is 0 Å². The zero-order valence-corrected chi connectivity index (χ0v) is 13.6. The molecule has 124 valence electrons. The van der Waals surface area contributed by atoms with Gasteiger partial charge < -0.3 is 20.3 Å². The third-order valence-electron chi connectivity index (χ3n) is 4.44. The summed E-state index contributed by atoms with van der Waals surface area (Å²) in [6.45, 7) is 5.55. The SMILES string of the molecule is CC(=O)N1CCCc2cc(NC(=O)[C@H]3NCCO[C@@H]3C)ccc21. The van der Waals surface area contributed by atoms with Gasteiger partial charge in [-0.3, -0.25) is 9.59 Å². The highest BCUT2D eigenvalue weighted by Crippen LogP contribution is 2.29. The van der Waals surface area contributed by atoms with E-state index in [2.05, 4.69) is 10.6 Å². The van der Waals surface area contributed by atoms with Crippen molar-refractivity contribution in [2.24, 2.45) is 0 Å². The van der Waals surface area contributed by atoms with Gasteiger partial charge in [-0.15, -0.1) is 0 Å². The number of rotatable bonds is 2. The summed E-state index contributed by atoms with van der Waals surface area (Å²) >= 11 is 0. The summed E-state index contributed by atoms with van der Waals surface area (Å²) in [5, 5.41) is 6.13. The van der Waals surface area contributed by atoms with Gasteiger partial charge in [-0.25, -0.2) is 0 Å². The molecule has 2 N–H and O–H groups in total. The molecule has 0 spiro atoms. The fraction of sp³-hybridized carbons (Fsp3) is 0.529. The van der Waals surface area contributed by atoms with Crippen LogP contribution < -0.4 is 15.5 Å². The van der Waals surface area contributed by atoms with E-state index < -0.39 is 0 Å². The molecule has 0 unspecified atom stereocenters. The Balaban J connectivity index is 1.74. The van der Waals surface area contributed by atoms with Gasteiger partial charge in [0.2, 0.25) is 11.8 Å². The van der Waals surface area contributed by atoms with Crippen molar-refractivity contribution in [3.63, 3.8) is 0 Å². The van der Waals surface area contributed by atoms with Crippen molar-refractivity contribution in [3.8, 4) is 0 Å². The molecule has 1 fully saturated rings. The normalized spacial score (nSPS) is 24.0. The topological polar surface area (TPSA) is 70.7 Å². The molecule has 23 heavy (non-hydrogen) atoms. The summed E-state index contributed by atoms with van der Waals surface area (Å²) in [6, 6.07) is 5.40. The Bertz CT molecular complexity index is 617. The van der Waals surface area contributed by atoms with Crippen LogP contribution in [0.15, 0.2) is 18.2 Å². The Labute approximate surface area is 136 Å². The lowest BCUT2D eigenvalue weighted by Gasteiger charge is -2.30. The minimum atomic E-state index is -0.339. The van der Waals surface area contributed by atoms with Crippen LogP contribution in [0.4, 0.5) is 11.4 Å². The maximum atomic E-state index is 12.4. The van der Waals surface area contributed by atoms with Gasteiger partial charge in [0.1, 0.15) is 6.04 Å². The number of hydrogen-bond donors (Lipinski definition) is 2. The highest BCUT2D eigenvalue weighted by molar-refractivity contribution is 5.97. The molecule has 1 aromatic rings. The summed E-state index contributed by atoms with van der Waals surface area (Å²) < 4.78 is 5.51.